The second kappa shape index (κ2) is 15.8. The van der Waals surface area contributed by atoms with Gasteiger partial charge in [-0.15, -0.1) is 0 Å². The Morgan fingerprint density at radius 3 is 1.30 bits per heavy atom. The average Bonchev–Trinajstić information content (AvgIpc) is 4.07. The molecule has 0 N–H and O–H groups in total. The fourth-order valence-electron chi connectivity index (χ4n) is 12.4. The predicted molar refractivity (Wildman–Crippen MR) is 288 cm³/mol. The lowest BCUT2D eigenvalue weighted by atomic mass is 9.67. The van der Waals surface area contributed by atoms with Crippen LogP contribution in [0.3, 0.4) is 0 Å². The van der Waals surface area contributed by atoms with E-state index in [0.717, 1.165) is 50.1 Å². The number of hydrogen-bond acceptors (Lipinski definition) is 2. The maximum atomic E-state index is 6.63. The molecule has 0 atom stereocenters. The summed E-state index contributed by atoms with van der Waals surface area (Å²) in [7, 11) is 0. The van der Waals surface area contributed by atoms with Crippen LogP contribution in [-0.4, -0.2) is 0 Å². The van der Waals surface area contributed by atoms with Gasteiger partial charge in [-0.1, -0.05) is 231 Å². The van der Waals surface area contributed by atoms with Gasteiger partial charge in [-0.05, 0) is 115 Å². The molecule has 2 aliphatic rings. The van der Waals surface area contributed by atoms with Gasteiger partial charge in [0.05, 0.1) is 10.8 Å². The van der Waals surface area contributed by atoms with Crippen LogP contribution in [0, 0.1) is 0 Å². The molecule has 0 saturated carbocycles. The van der Waals surface area contributed by atoms with Gasteiger partial charge in [0.2, 0.25) is 0 Å². The molecule has 14 rings (SSSR count). The van der Waals surface area contributed by atoms with Crippen LogP contribution in [0.15, 0.2) is 277 Å². The molecule has 0 spiro atoms. The highest BCUT2D eigenvalue weighted by Crippen LogP contribution is 2.59. The maximum absolute atomic E-state index is 6.63. The van der Waals surface area contributed by atoms with Crippen LogP contribution < -0.4 is 4.90 Å². The second-order valence-corrected chi connectivity index (χ2v) is 18.7. The zero-order valence-corrected chi connectivity index (χ0v) is 38.3. The molecule has 0 aliphatic heterocycles. The third kappa shape index (κ3) is 5.74. The minimum Gasteiger partial charge on any atom is -0.455 e. The van der Waals surface area contributed by atoms with Crippen molar-refractivity contribution in [2.75, 3.05) is 4.90 Å². The number of furan rings is 1. The van der Waals surface area contributed by atoms with Gasteiger partial charge in [0, 0.05) is 33.4 Å². The summed E-state index contributed by atoms with van der Waals surface area (Å²) in [5, 5.41) is 2.24. The highest BCUT2D eigenvalue weighted by molar-refractivity contribution is 6.09. The Labute approximate surface area is 408 Å². The third-order valence-corrected chi connectivity index (χ3v) is 15.2. The summed E-state index contributed by atoms with van der Waals surface area (Å²) in [5.74, 6) is 0. The number of rotatable bonds is 8. The van der Waals surface area contributed by atoms with Gasteiger partial charge in [0.1, 0.15) is 11.2 Å². The number of para-hydroxylation sites is 2. The maximum Gasteiger partial charge on any atom is 0.143 e. The number of fused-ring (bicyclic) bond motifs is 9. The first-order valence-corrected chi connectivity index (χ1v) is 24.2. The highest BCUT2D eigenvalue weighted by Gasteiger charge is 2.47. The highest BCUT2D eigenvalue weighted by atomic mass is 16.3. The summed E-state index contributed by atoms with van der Waals surface area (Å²) < 4.78 is 6.63. The smallest absolute Gasteiger partial charge is 0.143 e. The molecule has 0 saturated heterocycles. The molecule has 11 aromatic carbocycles. The Kier molecular flexibility index (Phi) is 9.06. The largest absolute Gasteiger partial charge is 0.455 e. The van der Waals surface area contributed by atoms with E-state index in [1.807, 2.05) is 6.07 Å². The first kappa shape index (κ1) is 40.1. The van der Waals surface area contributed by atoms with Gasteiger partial charge in [-0.3, -0.25) is 0 Å². The first-order chi connectivity index (χ1) is 34.7. The van der Waals surface area contributed by atoms with Gasteiger partial charge in [-0.2, -0.15) is 0 Å². The van der Waals surface area contributed by atoms with Gasteiger partial charge in [-0.25, -0.2) is 0 Å². The lowest BCUT2D eigenvalue weighted by Gasteiger charge is -2.35. The number of benzene rings is 11. The van der Waals surface area contributed by atoms with E-state index in [0.29, 0.717) is 0 Å². The monoisotopic (exact) mass is 891 g/mol. The van der Waals surface area contributed by atoms with Gasteiger partial charge in [0.15, 0.2) is 0 Å². The summed E-state index contributed by atoms with van der Waals surface area (Å²) in [6.07, 6.45) is 0. The fraction of sp³-hybridized carbons (Fsp3) is 0.0294. The molecule has 0 fully saturated rings. The van der Waals surface area contributed by atoms with Crippen molar-refractivity contribution in [2.45, 2.75) is 10.8 Å². The van der Waals surface area contributed by atoms with Crippen molar-refractivity contribution in [2.24, 2.45) is 0 Å². The molecule has 0 unspecified atom stereocenters. The van der Waals surface area contributed by atoms with Crippen molar-refractivity contribution in [3.63, 3.8) is 0 Å². The molecule has 1 aromatic heterocycles. The first-order valence-electron chi connectivity index (χ1n) is 24.2. The van der Waals surface area contributed by atoms with Crippen molar-refractivity contribution in [1.82, 2.24) is 0 Å². The second-order valence-electron chi connectivity index (χ2n) is 18.7. The molecule has 2 heteroatoms. The Hall–Kier alpha value is -8.98. The molecule has 0 radical (unpaired) electrons. The topological polar surface area (TPSA) is 16.4 Å². The summed E-state index contributed by atoms with van der Waals surface area (Å²) in [4.78, 5) is 2.44. The Morgan fingerprint density at radius 2 is 0.700 bits per heavy atom. The van der Waals surface area contributed by atoms with Crippen molar-refractivity contribution in [3.8, 4) is 33.4 Å². The molecule has 328 valence electrons. The normalized spacial score (nSPS) is 13.7. The molecular weight excluding hydrogens is 847 g/mol. The molecule has 0 amide bonds. The zero-order valence-electron chi connectivity index (χ0n) is 38.3. The van der Waals surface area contributed by atoms with Crippen LogP contribution in [0.2, 0.25) is 0 Å². The summed E-state index contributed by atoms with van der Waals surface area (Å²) in [6, 6.07) is 100. The molecule has 2 aliphatic carbocycles. The molecule has 12 aromatic rings. The van der Waals surface area contributed by atoms with E-state index in [9.17, 15) is 0 Å². The lowest BCUT2D eigenvalue weighted by Crippen LogP contribution is -2.28. The van der Waals surface area contributed by atoms with Crippen LogP contribution >= 0.6 is 0 Å². The van der Waals surface area contributed by atoms with Crippen LogP contribution in [0.4, 0.5) is 17.1 Å². The minimum absolute atomic E-state index is 0.496. The fourth-order valence-corrected chi connectivity index (χ4v) is 12.4. The molecule has 1 heterocycles. The number of anilines is 3. The SMILES string of the molecule is c1ccc(C2(c3ccc(N(c4cccc(-c5cccc6c5oc5ccccc56)c4)c4ccc5c(c4)-c4ccccc4C5(c4ccccc4)c4ccccc4)cc3)c3ccccc3-c3ccccc32)cc1. The molecular formula is C68H45NO. The van der Waals surface area contributed by atoms with E-state index < -0.39 is 10.8 Å². The summed E-state index contributed by atoms with van der Waals surface area (Å²) >= 11 is 0. The van der Waals surface area contributed by atoms with Gasteiger partial charge < -0.3 is 9.32 Å². The number of nitrogens with zero attached hydrogens (tertiary/aromatic N) is 1. The van der Waals surface area contributed by atoms with Crippen molar-refractivity contribution in [3.05, 3.63) is 317 Å². The molecule has 2 nitrogen and oxygen atoms in total. The van der Waals surface area contributed by atoms with E-state index >= 15 is 0 Å². The standard InChI is InChI=1S/C68H45NO/c1-4-21-47(22-5-1)67(48-23-6-2-7-24-48)63-36-16-12-30-57(63)60-45-53(42-43-64(60)67)69(52-27-18-20-46(44-52)54-32-19-33-59-58-31-13-17-37-65(58)70-66(54)59)51-40-38-50(39-41-51)68(49-25-8-3-9-26-49)61-34-14-10-28-55(61)56-29-11-15-35-62(56)68/h1-45H. The van der Waals surface area contributed by atoms with E-state index in [1.165, 1.54) is 66.8 Å². The van der Waals surface area contributed by atoms with Crippen molar-refractivity contribution in [1.29, 1.82) is 0 Å². The Morgan fingerprint density at radius 1 is 0.271 bits per heavy atom. The van der Waals surface area contributed by atoms with Crippen LogP contribution in [0.1, 0.15) is 44.5 Å². The summed E-state index contributed by atoms with van der Waals surface area (Å²) in [5.41, 5.74) is 21.3. The quantitative estimate of drug-likeness (QED) is 0.151. The number of hydrogen-bond donors (Lipinski definition) is 0. The van der Waals surface area contributed by atoms with E-state index in [2.05, 4.69) is 272 Å². The van der Waals surface area contributed by atoms with Crippen molar-refractivity contribution < 1.29 is 4.42 Å². The van der Waals surface area contributed by atoms with E-state index in [1.54, 1.807) is 0 Å². The zero-order chi connectivity index (χ0) is 46.2. The van der Waals surface area contributed by atoms with Crippen molar-refractivity contribution >= 4 is 39.0 Å². The van der Waals surface area contributed by atoms with E-state index in [4.69, 9.17) is 4.42 Å². The van der Waals surface area contributed by atoms with Gasteiger partial charge in [0.25, 0.3) is 0 Å². The Bertz CT molecular complexity index is 3860. The van der Waals surface area contributed by atoms with Gasteiger partial charge >= 0.3 is 0 Å². The third-order valence-electron chi connectivity index (χ3n) is 15.2. The summed E-state index contributed by atoms with van der Waals surface area (Å²) in [6.45, 7) is 0. The minimum atomic E-state index is -0.502. The molecule has 70 heavy (non-hydrogen) atoms. The average molecular weight is 892 g/mol. The predicted octanol–water partition coefficient (Wildman–Crippen LogP) is 17.4. The van der Waals surface area contributed by atoms with E-state index in [-0.39, 0.29) is 0 Å². The van der Waals surface area contributed by atoms with Crippen LogP contribution in [0.25, 0.3) is 55.3 Å². The molecule has 0 bridgehead atoms. The van der Waals surface area contributed by atoms with Crippen LogP contribution in [0.5, 0.6) is 0 Å². The Balaban J connectivity index is 0.989. The van der Waals surface area contributed by atoms with Crippen LogP contribution in [-0.2, 0) is 10.8 Å². The lowest BCUT2D eigenvalue weighted by molar-refractivity contribution is 0.670.